The van der Waals surface area contributed by atoms with Crippen molar-refractivity contribution < 1.29 is 9.59 Å². The minimum absolute atomic E-state index is 0.0813. The summed E-state index contributed by atoms with van der Waals surface area (Å²) in [5.41, 5.74) is 3.08. The predicted octanol–water partition coefficient (Wildman–Crippen LogP) is 6.01. The Morgan fingerprint density at radius 2 is 1.80 bits per heavy atom. The summed E-state index contributed by atoms with van der Waals surface area (Å²) in [7, 11) is 0. The van der Waals surface area contributed by atoms with Gasteiger partial charge >= 0.3 is 0 Å². The molecule has 1 heterocycles. The van der Waals surface area contributed by atoms with Crippen LogP contribution in [0.15, 0.2) is 60.8 Å². The Hall–Kier alpha value is -2.72. The molecule has 2 aromatic carbocycles. The first kappa shape index (κ1) is 20.5. The van der Waals surface area contributed by atoms with Crippen molar-refractivity contribution in [1.29, 1.82) is 0 Å². The van der Waals surface area contributed by atoms with Gasteiger partial charge in [0.2, 0.25) is 5.91 Å². The van der Waals surface area contributed by atoms with Gasteiger partial charge in [0, 0.05) is 34.6 Å². The van der Waals surface area contributed by atoms with Gasteiger partial charge in [-0.1, -0.05) is 29.8 Å². The monoisotopic (exact) mass is 420 g/mol. The van der Waals surface area contributed by atoms with Crippen molar-refractivity contribution in [3.05, 3.63) is 71.4 Å². The van der Waals surface area contributed by atoms with Crippen LogP contribution < -0.4 is 5.32 Å². The summed E-state index contributed by atoms with van der Waals surface area (Å²) in [4.78, 5) is 28.7. The van der Waals surface area contributed by atoms with Crippen LogP contribution in [0.2, 0.25) is 5.02 Å². The molecule has 1 aromatic heterocycles. The fourth-order valence-electron chi connectivity index (χ4n) is 4.69. The number of hydrogen-bond donors (Lipinski definition) is 1. The van der Waals surface area contributed by atoms with Gasteiger partial charge in [0.15, 0.2) is 0 Å². The number of anilines is 1. The Kier molecular flexibility index (Phi) is 6.44. The molecular weight excluding hydrogens is 396 g/mol. The van der Waals surface area contributed by atoms with Crippen molar-refractivity contribution in [2.24, 2.45) is 11.8 Å². The Bertz CT molecular complexity index is 1020. The number of carbonyl (C=O) groups excluding carboxylic acids is 2. The minimum atomic E-state index is -0.298. The van der Waals surface area contributed by atoms with E-state index in [1.54, 1.807) is 24.3 Å². The Morgan fingerprint density at radius 1 is 1.07 bits per heavy atom. The minimum Gasteiger partial charge on any atom is -0.326 e. The summed E-state index contributed by atoms with van der Waals surface area (Å²) in [5, 5.41) is 4.79. The second-order valence-electron chi connectivity index (χ2n) is 8.03. The number of hydrogen-bond acceptors (Lipinski definition) is 3. The third-order valence-electron chi connectivity index (χ3n) is 6.26. The van der Waals surface area contributed by atoms with Crippen LogP contribution in [-0.4, -0.2) is 17.2 Å². The van der Waals surface area contributed by atoms with E-state index in [1.807, 2.05) is 18.3 Å². The molecule has 1 amide bonds. The van der Waals surface area contributed by atoms with E-state index in [4.69, 9.17) is 11.6 Å². The van der Waals surface area contributed by atoms with Gasteiger partial charge in [-0.15, -0.1) is 0 Å². The summed E-state index contributed by atoms with van der Waals surface area (Å²) in [6, 6.07) is 17.4. The summed E-state index contributed by atoms with van der Waals surface area (Å²) in [6.45, 7) is 0. The van der Waals surface area contributed by atoms with Crippen molar-refractivity contribution >= 4 is 40.4 Å². The number of pyridine rings is 1. The van der Waals surface area contributed by atoms with Crippen LogP contribution in [0.3, 0.4) is 0 Å². The van der Waals surface area contributed by atoms with Gasteiger partial charge in [-0.2, -0.15) is 0 Å². The van der Waals surface area contributed by atoms with Crippen LogP contribution in [-0.2, 0) is 9.59 Å². The highest BCUT2D eigenvalue weighted by Gasteiger charge is 2.32. The lowest BCUT2D eigenvalue weighted by molar-refractivity contribution is -0.124. The van der Waals surface area contributed by atoms with Gasteiger partial charge in [0.1, 0.15) is 6.29 Å². The van der Waals surface area contributed by atoms with E-state index in [-0.39, 0.29) is 24.2 Å². The number of carbonyl (C=O) groups is 2. The van der Waals surface area contributed by atoms with E-state index in [0.717, 1.165) is 37.5 Å². The normalized spacial score (nSPS) is 19.9. The van der Waals surface area contributed by atoms with E-state index in [0.29, 0.717) is 16.6 Å². The second-order valence-corrected chi connectivity index (χ2v) is 8.47. The number of aromatic nitrogens is 1. The summed E-state index contributed by atoms with van der Waals surface area (Å²) < 4.78 is 0. The number of nitrogens with one attached hydrogen (secondary N) is 1. The van der Waals surface area contributed by atoms with E-state index >= 15 is 0 Å². The standard InChI is InChI=1S/C25H25ClN2O2/c26-19-9-11-20(12-10-19)28-25(30)22(14-16-29)18-7-5-17(6-8-18)21-13-15-27-24-4-2-1-3-23(21)24/h1-4,9-13,15-18,22H,5-8,14H2,(H,28,30)/t17?,18?,22-/m1/s1. The first-order valence-corrected chi connectivity index (χ1v) is 10.9. The van der Waals surface area contributed by atoms with Crippen LogP contribution in [0, 0.1) is 11.8 Å². The van der Waals surface area contributed by atoms with Crippen molar-refractivity contribution in [3.8, 4) is 0 Å². The molecule has 1 fully saturated rings. The Labute approximate surface area is 181 Å². The second kappa shape index (κ2) is 9.40. The molecule has 1 saturated carbocycles. The largest absolute Gasteiger partial charge is 0.326 e. The molecule has 4 nitrogen and oxygen atoms in total. The maximum absolute atomic E-state index is 12.9. The van der Waals surface area contributed by atoms with Crippen molar-refractivity contribution in [2.45, 2.75) is 38.0 Å². The van der Waals surface area contributed by atoms with Gasteiger partial charge in [-0.3, -0.25) is 9.78 Å². The van der Waals surface area contributed by atoms with Crippen LogP contribution in [0.4, 0.5) is 5.69 Å². The zero-order valence-electron chi connectivity index (χ0n) is 16.8. The number of aldehydes is 1. The summed E-state index contributed by atoms with van der Waals surface area (Å²) >= 11 is 5.92. The fraction of sp³-hybridized carbons (Fsp3) is 0.320. The average Bonchev–Trinajstić information content (AvgIpc) is 2.79. The van der Waals surface area contributed by atoms with Crippen LogP contribution in [0.25, 0.3) is 10.9 Å². The number of nitrogens with zero attached hydrogens (tertiary/aromatic N) is 1. The number of halogens is 1. The lowest BCUT2D eigenvalue weighted by Crippen LogP contribution is -2.32. The van der Waals surface area contributed by atoms with Crippen LogP contribution in [0.1, 0.15) is 43.6 Å². The third-order valence-corrected chi connectivity index (χ3v) is 6.51. The van der Waals surface area contributed by atoms with E-state index < -0.39 is 0 Å². The van der Waals surface area contributed by atoms with Crippen molar-refractivity contribution in [2.75, 3.05) is 5.32 Å². The molecular formula is C25H25ClN2O2. The molecule has 1 aliphatic rings. The fourth-order valence-corrected chi connectivity index (χ4v) is 4.82. The lowest BCUT2D eigenvalue weighted by Gasteiger charge is -2.33. The smallest absolute Gasteiger partial charge is 0.228 e. The molecule has 4 rings (SSSR count). The SMILES string of the molecule is O=CC[C@@H](C(=O)Nc1ccc(Cl)cc1)C1CCC(c2ccnc3ccccc23)CC1. The molecule has 0 unspecified atom stereocenters. The highest BCUT2D eigenvalue weighted by atomic mass is 35.5. The first-order chi connectivity index (χ1) is 14.7. The van der Waals surface area contributed by atoms with Gasteiger partial charge < -0.3 is 10.1 Å². The number of rotatable bonds is 6. The number of para-hydroxylation sites is 1. The first-order valence-electron chi connectivity index (χ1n) is 10.5. The average molecular weight is 421 g/mol. The molecule has 1 aliphatic carbocycles. The van der Waals surface area contributed by atoms with Gasteiger partial charge in [0.05, 0.1) is 5.52 Å². The molecule has 5 heteroatoms. The van der Waals surface area contributed by atoms with Crippen LogP contribution in [0.5, 0.6) is 0 Å². The third kappa shape index (κ3) is 4.54. The van der Waals surface area contributed by atoms with Crippen LogP contribution >= 0.6 is 11.6 Å². The topological polar surface area (TPSA) is 59.1 Å². The number of amides is 1. The lowest BCUT2D eigenvalue weighted by atomic mass is 9.72. The molecule has 154 valence electrons. The maximum atomic E-state index is 12.9. The molecule has 0 aliphatic heterocycles. The Morgan fingerprint density at radius 3 is 2.53 bits per heavy atom. The molecule has 0 radical (unpaired) electrons. The molecule has 1 N–H and O–H groups in total. The van der Waals surface area contributed by atoms with Crippen molar-refractivity contribution in [1.82, 2.24) is 4.98 Å². The predicted molar refractivity (Wildman–Crippen MR) is 121 cm³/mol. The quantitative estimate of drug-likeness (QED) is 0.497. The van der Waals surface area contributed by atoms with E-state index in [1.165, 1.54) is 10.9 Å². The molecule has 0 saturated heterocycles. The van der Waals surface area contributed by atoms with Gasteiger partial charge in [-0.05, 0) is 79.5 Å². The summed E-state index contributed by atoms with van der Waals surface area (Å²) in [6.07, 6.45) is 6.92. The van der Waals surface area contributed by atoms with Gasteiger partial charge in [0.25, 0.3) is 0 Å². The molecule has 0 spiro atoms. The van der Waals surface area contributed by atoms with Crippen molar-refractivity contribution in [3.63, 3.8) is 0 Å². The zero-order chi connectivity index (χ0) is 20.9. The Balaban J connectivity index is 1.44. The van der Waals surface area contributed by atoms with E-state index in [2.05, 4.69) is 28.5 Å². The summed E-state index contributed by atoms with van der Waals surface area (Å²) in [5.74, 6) is 0.299. The van der Waals surface area contributed by atoms with E-state index in [9.17, 15) is 9.59 Å². The highest BCUT2D eigenvalue weighted by molar-refractivity contribution is 6.30. The molecule has 30 heavy (non-hydrogen) atoms. The van der Waals surface area contributed by atoms with Gasteiger partial charge in [-0.25, -0.2) is 0 Å². The number of benzene rings is 2. The maximum Gasteiger partial charge on any atom is 0.228 e. The molecule has 1 atom stereocenters. The number of fused-ring (bicyclic) bond motifs is 1. The highest BCUT2D eigenvalue weighted by Crippen LogP contribution is 2.41. The molecule has 0 bridgehead atoms. The molecule has 3 aromatic rings. The zero-order valence-corrected chi connectivity index (χ0v) is 17.5.